The van der Waals surface area contributed by atoms with Crippen molar-refractivity contribution in [2.24, 2.45) is 0 Å². The smallest absolute Gasteiger partial charge is 0.226 e. The van der Waals surface area contributed by atoms with Gasteiger partial charge in [-0.15, -0.1) is 22.7 Å². The van der Waals surface area contributed by atoms with Crippen molar-refractivity contribution in [1.82, 2.24) is 20.6 Å². The zero-order valence-corrected chi connectivity index (χ0v) is 22.9. The van der Waals surface area contributed by atoms with E-state index in [0.29, 0.717) is 25.5 Å². The highest BCUT2D eigenvalue weighted by atomic mass is 32.1. The molecular formula is C27H31N5O3S2. The van der Waals surface area contributed by atoms with Crippen molar-refractivity contribution in [3.63, 3.8) is 0 Å². The molecule has 3 N–H and O–H groups in total. The molecule has 4 aromatic rings. The fourth-order valence-corrected chi connectivity index (χ4v) is 6.88. The van der Waals surface area contributed by atoms with Gasteiger partial charge in [0.1, 0.15) is 10.0 Å². The molecule has 0 saturated heterocycles. The summed E-state index contributed by atoms with van der Waals surface area (Å²) < 4.78 is 11.4. The van der Waals surface area contributed by atoms with Crippen LogP contribution in [0.2, 0.25) is 0 Å². The zero-order valence-electron chi connectivity index (χ0n) is 21.3. The number of carbonyl (C=O) groups is 1. The Morgan fingerprint density at radius 2 is 2.03 bits per heavy atom. The molecular weight excluding hydrogens is 506 g/mol. The summed E-state index contributed by atoms with van der Waals surface area (Å²) in [7, 11) is 3.30. The average molecular weight is 538 g/mol. The number of ether oxygens (including phenoxy) is 2. The van der Waals surface area contributed by atoms with Gasteiger partial charge in [-0.2, -0.15) is 0 Å². The number of thiophene rings is 1. The lowest BCUT2D eigenvalue weighted by molar-refractivity contribution is -0.116. The Kier molecular flexibility index (Phi) is 8.11. The van der Waals surface area contributed by atoms with Crippen LogP contribution in [0, 0.1) is 6.92 Å². The van der Waals surface area contributed by atoms with Gasteiger partial charge in [0.05, 0.1) is 23.9 Å². The highest BCUT2D eigenvalue weighted by molar-refractivity contribution is 7.23. The van der Waals surface area contributed by atoms with Crippen LogP contribution in [0.25, 0.3) is 31.9 Å². The Bertz CT molecular complexity index is 1410. The summed E-state index contributed by atoms with van der Waals surface area (Å²) >= 11 is 3.33. The average Bonchev–Trinajstić information content (AvgIpc) is 3.48. The molecule has 8 nitrogen and oxygen atoms in total. The van der Waals surface area contributed by atoms with Crippen molar-refractivity contribution in [2.45, 2.75) is 26.3 Å². The van der Waals surface area contributed by atoms with Crippen LogP contribution in [0.15, 0.2) is 30.3 Å². The summed E-state index contributed by atoms with van der Waals surface area (Å²) in [6.07, 6.45) is 1.33. The van der Waals surface area contributed by atoms with Gasteiger partial charge in [-0.25, -0.2) is 9.97 Å². The first kappa shape index (κ1) is 25.7. The molecule has 10 heteroatoms. The van der Waals surface area contributed by atoms with Gasteiger partial charge < -0.3 is 25.4 Å². The minimum Gasteiger partial charge on any atom is -0.481 e. The Morgan fingerprint density at radius 3 is 2.84 bits per heavy atom. The lowest BCUT2D eigenvalue weighted by Crippen LogP contribution is -2.24. The third-order valence-corrected chi connectivity index (χ3v) is 8.56. The van der Waals surface area contributed by atoms with Crippen LogP contribution in [0.5, 0.6) is 5.88 Å². The number of hydrogen-bond donors (Lipinski definition) is 3. The molecule has 1 amide bonds. The van der Waals surface area contributed by atoms with Gasteiger partial charge >= 0.3 is 0 Å². The number of hydrogen-bond acceptors (Lipinski definition) is 9. The normalized spacial score (nSPS) is 13.1. The second kappa shape index (κ2) is 11.7. The van der Waals surface area contributed by atoms with E-state index < -0.39 is 0 Å². The maximum atomic E-state index is 12.8. The third kappa shape index (κ3) is 5.68. The van der Waals surface area contributed by atoms with E-state index in [1.54, 1.807) is 36.9 Å². The first-order chi connectivity index (χ1) is 18.1. The van der Waals surface area contributed by atoms with Gasteiger partial charge in [-0.3, -0.25) is 4.79 Å². The number of methoxy groups -OCH3 is 2. The fourth-order valence-electron chi connectivity index (χ4n) is 4.50. The standard InChI is InChI=1S/C27H31N5O3S2/c1-16-18(5-7-24(30-16)35-3)17-4-6-20-21(14-17)36-26(31-20)25-19-8-10-29-15-22(19)37-27(25)32-23(33)9-11-28-12-13-34-2/h4-7,14,28-29H,8-13,15H2,1-3H3,(H,32,33). The van der Waals surface area contributed by atoms with E-state index in [-0.39, 0.29) is 5.91 Å². The molecule has 0 unspecified atom stereocenters. The van der Waals surface area contributed by atoms with E-state index in [2.05, 4.69) is 39.1 Å². The summed E-state index contributed by atoms with van der Waals surface area (Å²) in [5.41, 5.74) is 6.42. The summed E-state index contributed by atoms with van der Waals surface area (Å²) in [6, 6.07) is 10.3. The number of anilines is 1. The Balaban J connectivity index is 1.44. The van der Waals surface area contributed by atoms with Crippen LogP contribution >= 0.6 is 22.7 Å². The van der Waals surface area contributed by atoms with Gasteiger partial charge in [0, 0.05) is 60.9 Å². The van der Waals surface area contributed by atoms with E-state index >= 15 is 0 Å². The number of aromatic nitrogens is 2. The lowest BCUT2D eigenvalue weighted by atomic mass is 10.0. The predicted octanol–water partition coefficient (Wildman–Crippen LogP) is 4.61. The van der Waals surface area contributed by atoms with Gasteiger partial charge in [0.25, 0.3) is 0 Å². The number of carbonyl (C=O) groups excluding carboxylic acids is 1. The number of rotatable bonds is 10. The third-order valence-electron chi connectivity index (χ3n) is 6.38. The molecule has 0 fully saturated rings. The summed E-state index contributed by atoms with van der Waals surface area (Å²) in [6.45, 7) is 5.71. The molecule has 0 bridgehead atoms. The molecule has 5 rings (SSSR count). The fraction of sp³-hybridized carbons (Fsp3) is 0.370. The number of nitrogens with zero attached hydrogens (tertiary/aromatic N) is 2. The maximum absolute atomic E-state index is 12.8. The van der Waals surface area contributed by atoms with E-state index in [1.165, 1.54) is 10.4 Å². The van der Waals surface area contributed by atoms with E-state index in [9.17, 15) is 4.79 Å². The molecule has 4 heterocycles. The first-order valence-corrected chi connectivity index (χ1v) is 14.0. The highest BCUT2D eigenvalue weighted by Crippen LogP contribution is 2.45. The molecule has 0 saturated carbocycles. The van der Waals surface area contributed by atoms with E-state index in [4.69, 9.17) is 14.5 Å². The summed E-state index contributed by atoms with van der Waals surface area (Å²) in [5, 5.41) is 11.7. The zero-order chi connectivity index (χ0) is 25.8. The molecule has 1 aliphatic rings. The number of fused-ring (bicyclic) bond motifs is 2. The van der Waals surface area contributed by atoms with Gasteiger partial charge in [-0.1, -0.05) is 6.07 Å². The quantitative estimate of drug-likeness (QED) is 0.254. The van der Waals surface area contributed by atoms with Crippen molar-refractivity contribution in [1.29, 1.82) is 0 Å². The minimum atomic E-state index is 0.00333. The number of pyridine rings is 1. The molecule has 194 valence electrons. The van der Waals surface area contributed by atoms with Crippen LogP contribution in [-0.2, 0) is 22.5 Å². The molecule has 3 aromatic heterocycles. The minimum absolute atomic E-state index is 0.00333. The Morgan fingerprint density at radius 1 is 1.14 bits per heavy atom. The maximum Gasteiger partial charge on any atom is 0.226 e. The number of aryl methyl sites for hydroxylation is 1. The molecule has 37 heavy (non-hydrogen) atoms. The molecule has 1 aromatic carbocycles. The molecule has 0 spiro atoms. The van der Waals surface area contributed by atoms with E-state index in [0.717, 1.165) is 68.7 Å². The second-order valence-electron chi connectivity index (χ2n) is 8.86. The van der Waals surface area contributed by atoms with Crippen LogP contribution in [0.4, 0.5) is 5.00 Å². The van der Waals surface area contributed by atoms with Crippen molar-refractivity contribution in [3.8, 4) is 27.6 Å². The molecule has 0 atom stereocenters. The SMILES string of the molecule is COCCNCCC(=O)Nc1sc2c(c1-c1nc3ccc(-c4ccc(OC)nc4C)cc3s1)CCNC2. The number of benzene rings is 1. The van der Waals surface area contributed by atoms with Gasteiger partial charge in [0.2, 0.25) is 11.8 Å². The first-order valence-electron chi connectivity index (χ1n) is 12.3. The summed E-state index contributed by atoms with van der Waals surface area (Å²) in [4.78, 5) is 23.6. The number of nitrogens with one attached hydrogen (secondary N) is 3. The molecule has 0 radical (unpaired) electrons. The predicted molar refractivity (Wildman–Crippen MR) is 151 cm³/mol. The van der Waals surface area contributed by atoms with Crippen LogP contribution in [-0.4, -0.2) is 56.3 Å². The summed E-state index contributed by atoms with van der Waals surface area (Å²) in [5.74, 6) is 0.614. The van der Waals surface area contributed by atoms with Crippen molar-refractivity contribution >= 4 is 43.8 Å². The topological polar surface area (TPSA) is 97.4 Å². The molecule has 1 aliphatic heterocycles. The van der Waals surface area contributed by atoms with Crippen LogP contribution < -0.4 is 20.7 Å². The second-order valence-corrected chi connectivity index (χ2v) is 11.0. The van der Waals surface area contributed by atoms with Crippen molar-refractivity contribution in [3.05, 3.63) is 46.5 Å². The Hall–Kier alpha value is -2.89. The van der Waals surface area contributed by atoms with Crippen LogP contribution in [0.3, 0.4) is 0 Å². The number of amides is 1. The monoisotopic (exact) mass is 537 g/mol. The lowest BCUT2D eigenvalue weighted by Gasteiger charge is -2.13. The molecule has 0 aliphatic carbocycles. The largest absolute Gasteiger partial charge is 0.481 e. The van der Waals surface area contributed by atoms with E-state index in [1.807, 2.05) is 19.1 Å². The van der Waals surface area contributed by atoms with Gasteiger partial charge in [-0.05, 0) is 49.2 Å². The Labute approximate surface area is 224 Å². The number of thiazole rings is 1. The van der Waals surface area contributed by atoms with Crippen molar-refractivity contribution < 1.29 is 14.3 Å². The highest BCUT2D eigenvalue weighted by Gasteiger charge is 2.25. The van der Waals surface area contributed by atoms with Crippen molar-refractivity contribution in [2.75, 3.05) is 45.8 Å². The van der Waals surface area contributed by atoms with Crippen LogP contribution in [0.1, 0.15) is 22.6 Å². The van der Waals surface area contributed by atoms with Gasteiger partial charge in [0.15, 0.2) is 0 Å².